The molecule has 108 valence electrons. The standard InChI is InChI=1S/C16H23N3O/c1-13(12-15-4-2-3-10-18-15)19-14-5-7-16(8-6-14)20-11-9-17/h5-8,13,15,18-19H,2-4,10-12H2,1H3. The molecular weight excluding hydrogens is 250 g/mol. The minimum atomic E-state index is 0.0938. The normalized spacial score (nSPS) is 19.9. The van der Waals surface area contributed by atoms with E-state index in [0.29, 0.717) is 12.1 Å². The summed E-state index contributed by atoms with van der Waals surface area (Å²) in [6.07, 6.45) is 5.08. The van der Waals surface area contributed by atoms with Crippen LogP contribution in [0.4, 0.5) is 5.69 Å². The molecule has 0 spiro atoms. The third-order valence-corrected chi connectivity index (χ3v) is 3.62. The summed E-state index contributed by atoms with van der Waals surface area (Å²) in [6, 6.07) is 10.8. The molecule has 1 aromatic rings. The second-order valence-electron chi connectivity index (χ2n) is 5.40. The predicted octanol–water partition coefficient (Wildman–Crippen LogP) is 2.92. The van der Waals surface area contributed by atoms with Gasteiger partial charge in [0, 0.05) is 17.8 Å². The van der Waals surface area contributed by atoms with Crippen molar-refractivity contribution in [3.63, 3.8) is 0 Å². The molecule has 2 unspecified atom stereocenters. The molecule has 2 rings (SSSR count). The average molecular weight is 273 g/mol. The summed E-state index contributed by atoms with van der Waals surface area (Å²) in [5.74, 6) is 0.735. The lowest BCUT2D eigenvalue weighted by Crippen LogP contribution is -2.37. The molecule has 0 aromatic heterocycles. The molecule has 0 bridgehead atoms. The van der Waals surface area contributed by atoms with Gasteiger partial charge >= 0.3 is 0 Å². The summed E-state index contributed by atoms with van der Waals surface area (Å²) >= 11 is 0. The second kappa shape index (κ2) is 7.76. The Morgan fingerprint density at radius 3 is 2.85 bits per heavy atom. The van der Waals surface area contributed by atoms with Crippen LogP contribution in [0.3, 0.4) is 0 Å². The molecule has 0 saturated carbocycles. The van der Waals surface area contributed by atoms with E-state index in [-0.39, 0.29) is 6.61 Å². The first kappa shape index (κ1) is 14.7. The maximum atomic E-state index is 8.46. The van der Waals surface area contributed by atoms with Crippen molar-refractivity contribution in [2.45, 2.75) is 44.7 Å². The highest BCUT2D eigenvalue weighted by molar-refractivity contribution is 5.47. The van der Waals surface area contributed by atoms with E-state index in [2.05, 4.69) is 17.6 Å². The molecule has 4 nitrogen and oxygen atoms in total. The molecule has 0 aliphatic carbocycles. The van der Waals surface area contributed by atoms with Gasteiger partial charge in [-0.3, -0.25) is 0 Å². The van der Waals surface area contributed by atoms with Gasteiger partial charge in [-0.25, -0.2) is 0 Å². The lowest BCUT2D eigenvalue weighted by atomic mass is 9.99. The van der Waals surface area contributed by atoms with E-state index in [1.807, 2.05) is 30.3 Å². The third kappa shape index (κ3) is 4.75. The summed E-state index contributed by atoms with van der Waals surface area (Å²) in [6.45, 7) is 3.47. The lowest BCUT2D eigenvalue weighted by molar-refractivity contribution is 0.368. The number of hydrogen-bond acceptors (Lipinski definition) is 4. The highest BCUT2D eigenvalue weighted by Crippen LogP contribution is 2.18. The van der Waals surface area contributed by atoms with Crippen molar-refractivity contribution in [1.82, 2.24) is 5.32 Å². The molecule has 2 N–H and O–H groups in total. The van der Waals surface area contributed by atoms with Gasteiger partial charge in [0.05, 0.1) is 0 Å². The number of rotatable bonds is 6. The van der Waals surface area contributed by atoms with Crippen LogP contribution in [0.25, 0.3) is 0 Å². The van der Waals surface area contributed by atoms with E-state index in [1.54, 1.807) is 0 Å². The fraction of sp³-hybridized carbons (Fsp3) is 0.562. The van der Waals surface area contributed by atoms with Gasteiger partial charge in [-0.15, -0.1) is 0 Å². The minimum absolute atomic E-state index is 0.0938. The Kier molecular flexibility index (Phi) is 5.69. The smallest absolute Gasteiger partial charge is 0.174 e. The van der Waals surface area contributed by atoms with Crippen LogP contribution in [0, 0.1) is 11.3 Å². The number of nitrogens with zero attached hydrogens (tertiary/aromatic N) is 1. The zero-order chi connectivity index (χ0) is 14.2. The van der Waals surface area contributed by atoms with Crippen LogP contribution in [-0.2, 0) is 0 Å². The Balaban J connectivity index is 1.78. The first-order chi connectivity index (χ1) is 9.78. The largest absolute Gasteiger partial charge is 0.479 e. The van der Waals surface area contributed by atoms with Gasteiger partial charge in [0.15, 0.2) is 6.61 Å². The molecular formula is C16H23N3O. The molecule has 2 atom stereocenters. The minimum Gasteiger partial charge on any atom is -0.479 e. The maximum Gasteiger partial charge on any atom is 0.174 e. The van der Waals surface area contributed by atoms with Crippen molar-refractivity contribution < 1.29 is 4.74 Å². The van der Waals surface area contributed by atoms with E-state index in [1.165, 1.54) is 19.3 Å². The van der Waals surface area contributed by atoms with E-state index >= 15 is 0 Å². The molecule has 1 aliphatic heterocycles. The van der Waals surface area contributed by atoms with Crippen molar-refractivity contribution in [2.24, 2.45) is 0 Å². The van der Waals surface area contributed by atoms with Gasteiger partial charge in [-0.2, -0.15) is 5.26 Å². The third-order valence-electron chi connectivity index (χ3n) is 3.62. The van der Waals surface area contributed by atoms with Crippen LogP contribution in [0.1, 0.15) is 32.6 Å². The van der Waals surface area contributed by atoms with Crippen molar-refractivity contribution in [1.29, 1.82) is 5.26 Å². The molecule has 4 heteroatoms. The first-order valence-electron chi connectivity index (χ1n) is 7.37. The molecule has 1 saturated heterocycles. The van der Waals surface area contributed by atoms with Crippen LogP contribution >= 0.6 is 0 Å². The van der Waals surface area contributed by atoms with Gasteiger partial charge in [-0.05, 0) is 57.0 Å². The highest BCUT2D eigenvalue weighted by atomic mass is 16.5. The van der Waals surface area contributed by atoms with Crippen molar-refractivity contribution in [3.05, 3.63) is 24.3 Å². The van der Waals surface area contributed by atoms with Crippen LogP contribution < -0.4 is 15.4 Å². The van der Waals surface area contributed by atoms with Crippen LogP contribution in [0.2, 0.25) is 0 Å². The fourth-order valence-corrected chi connectivity index (χ4v) is 2.66. The molecule has 1 aliphatic rings. The Morgan fingerprint density at radius 1 is 1.40 bits per heavy atom. The predicted molar refractivity (Wildman–Crippen MR) is 80.9 cm³/mol. The average Bonchev–Trinajstić information content (AvgIpc) is 2.47. The van der Waals surface area contributed by atoms with Crippen molar-refractivity contribution >= 4 is 5.69 Å². The summed E-state index contributed by atoms with van der Waals surface area (Å²) in [7, 11) is 0. The first-order valence-corrected chi connectivity index (χ1v) is 7.37. The zero-order valence-corrected chi connectivity index (χ0v) is 12.1. The molecule has 20 heavy (non-hydrogen) atoms. The summed E-state index contributed by atoms with van der Waals surface area (Å²) in [4.78, 5) is 0. The van der Waals surface area contributed by atoms with E-state index in [4.69, 9.17) is 10.00 Å². The van der Waals surface area contributed by atoms with Crippen molar-refractivity contribution in [3.8, 4) is 11.8 Å². The highest BCUT2D eigenvalue weighted by Gasteiger charge is 2.15. The summed E-state index contributed by atoms with van der Waals surface area (Å²) in [5.41, 5.74) is 1.10. The summed E-state index contributed by atoms with van der Waals surface area (Å²) < 4.78 is 5.24. The second-order valence-corrected chi connectivity index (χ2v) is 5.40. The van der Waals surface area contributed by atoms with Crippen LogP contribution in [0.5, 0.6) is 5.75 Å². The Morgan fingerprint density at radius 2 is 2.20 bits per heavy atom. The number of piperidine rings is 1. The fourth-order valence-electron chi connectivity index (χ4n) is 2.66. The number of hydrogen-bond donors (Lipinski definition) is 2. The Bertz CT molecular complexity index is 432. The Labute approximate surface area is 121 Å². The molecule has 0 radical (unpaired) electrons. The lowest BCUT2D eigenvalue weighted by Gasteiger charge is -2.27. The number of ether oxygens (including phenoxy) is 1. The van der Waals surface area contributed by atoms with Gasteiger partial charge in [-0.1, -0.05) is 6.42 Å². The molecule has 1 heterocycles. The van der Waals surface area contributed by atoms with E-state index in [9.17, 15) is 0 Å². The monoisotopic (exact) mass is 273 g/mol. The van der Waals surface area contributed by atoms with Gasteiger partial charge in [0.1, 0.15) is 11.8 Å². The SMILES string of the molecule is CC(CC1CCCCN1)Nc1ccc(OCC#N)cc1. The van der Waals surface area contributed by atoms with Gasteiger partial charge in [0.25, 0.3) is 0 Å². The van der Waals surface area contributed by atoms with E-state index in [0.717, 1.165) is 24.4 Å². The van der Waals surface area contributed by atoms with Gasteiger partial charge in [0.2, 0.25) is 0 Å². The number of nitrogens with one attached hydrogen (secondary N) is 2. The Hall–Kier alpha value is -1.73. The molecule has 1 aromatic carbocycles. The topological polar surface area (TPSA) is 57.1 Å². The molecule has 1 fully saturated rings. The number of nitriles is 1. The summed E-state index contributed by atoms with van der Waals surface area (Å²) in [5, 5.41) is 15.6. The van der Waals surface area contributed by atoms with E-state index < -0.39 is 0 Å². The van der Waals surface area contributed by atoms with Gasteiger partial charge < -0.3 is 15.4 Å². The molecule has 0 amide bonds. The number of benzene rings is 1. The quantitative estimate of drug-likeness (QED) is 0.836. The zero-order valence-electron chi connectivity index (χ0n) is 12.1. The maximum absolute atomic E-state index is 8.46. The number of anilines is 1. The van der Waals surface area contributed by atoms with Crippen LogP contribution in [0.15, 0.2) is 24.3 Å². The van der Waals surface area contributed by atoms with Crippen molar-refractivity contribution in [2.75, 3.05) is 18.5 Å². The van der Waals surface area contributed by atoms with Crippen LogP contribution in [-0.4, -0.2) is 25.2 Å².